The minimum Gasteiger partial charge on any atom is -0.496 e. The van der Waals surface area contributed by atoms with E-state index in [9.17, 15) is 9.59 Å². The highest BCUT2D eigenvalue weighted by Gasteiger charge is 2.37. The van der Waals surface area contributed by atoms with Crippen LogP contribution in [0.1, 0.15) is 29.5 Å². The van der Waals surface area contributed by atoms with Crippen molar-refractivity contribution in [3.05, 3.63) is 65.2 Å². The standard InChI is InChI=1S/C23H28N2O4/c1-17-7-9-18(10-8-17)15-24-21(26)22(27)25-16-23(11-13-29-14-12-23)19-5-3-4-6-20(19)28-2/h3-10H,11-16H2,1-2H3,(H,24,26)(H,25,27). The van der Waals surface area contributed by atoms with Crippen LogP contribution < -0.4 is 15.4 Å². The lowest BCUT2D eigenvalue weighted by atomic mass is 9.73. The van der Waals surface area contributed by atoms with Gasteiger partial charge in [0.1, 0.15) is 5.75 Å². The van der Waals surface area contributed by atoms with Gasteiger partial charge in [-0.1, -0.05) is 48.0 Å². The molecule has 0 spiro atoms. The van der Waals surface area contributed by atoms with E-state index in [1.165, 1.54) is 0 Å². The summed E-state index contributed by atoms with van der Waals surface area (Å²) in [4.78, 5) is 24.7. The van der Waals surface area contributed by atoms with Crippen molar-refractivity contribution in [2.45, 2.75) is 31.7 Å². The largest absolute Gasteiger partial charge is 0.496 e. The van der Waals surface area contributed by atoms with Gasteiger partial charge in [-0.25, -0.2) is 0 Å². The Morgan fingerprint density at radius 3 is 2.34 bits per heavy atom. The topological polar surface area (TPSA) is 76.7 Å². The number of hydrogen-bond donors (Lipinski definition) is 2. The van der Waals surface area contributed by atoms with Crippen molar-refractivity contribution >= 4 is 11.8 Å². The Balaban J connectivity index is 1.63. The molecule has 1 aliphatic rings. The highest BCUT2D eigenvalue weighted by atomic mass is 16.5. The first kappa shape index (κ1) is 20.9. The van der Waals surface area contributed by atoms with Crippen LogP contribution in [0.3, 0.4) is 0 Å². The number of methoxy groups -OCH3 is 1. The quantitative estimate of drug-likeness (QED) is 0.736. The molecular weight excluding hydrogens is 368 g/mol. The average Bonchev–Trinajstić information content (AvgIpc) is 2.77. The van der Waals surface area contributed by atoms with Crippen LogP contribution in [0.2, 0.25) is 0 Å². The van der Waals surface area contributed by atoms with Crippen molar-refractivity contribution in [3.8, 4) is 5.75 Å². The van der Waals surface area contributed by atoms with Gasteiger partial charge >= 0.3 is 11.8 Å². The van der Waals surface area contributed by atoms with Gasteiger partial charge in [-0.05, 0) is 31.4 Å². The van der Waals surface area contributed by atoms with Gasteiger partial charge in [-0.15, -0.1) is 0 Å². The predicted molar refractivity (Wildman–Crippen MR) is 111 cm³/mol. The fourth-order valence-electron chi connectivity index (χ4n) is 3.68. The molecule has 2 amide bonds. The molecule has 154 valence electrons. The van der Waals surface area contributed by atoms with Crippen molar-refractivity contribution in [1.29, 1.82) is 0 Å². The molecule has 6 heteroatoms. The molecule has 0 aromatic heterocycles. The number of para-hydroxylation sites is 1. The third-order valence-corrected chi connectivity index (χ3v) is 5.50. The maximum absolute atomic E-state index is 12.4. The number of nitrogens with one attached hydrogen (secondary N) is 2. The molecule has 2 aromatic carbocycles. The van der Waals surface area contributed by atoms with Gasteiger partial charge in [0, 0.05) is 37.3 Å². The second kappa shape index (κ2) is 9.56. The maximum Gasteiger partial charge on any atom is 0.309 e. The van der Waals surface area contributed by atoms with Crippen LogP contribution in [0, 0.1) is 6.92 Å². The highest BCUT2D eigenvalue weighted by Crippen LogP contribution is 2.39. The Kier molecular flexibility index (Phi) is 6.88. The summed E-state index contributed by atoms with van der Waals surface area (Å²) in [5.74, 6) is -0.474. The van der Waals surface area contributed by atoms with Gasteiger partial charge in [0.2, 0.25) is 0 Å². The lowest BCUT2D eigenvalue weighted by Gasteiger charge is -2.38. The fourth-order valence-corrected chi connectivity index (χ4v) is 3.68. The summed E-state index contributed by atoms with van der Waals surface area (Å²) >= 11 is 0. The summed E-state index contributed by atoms with van der Waals surface area (Å²) in [5, 5.41) is 5.51. The van der Waals surface area contributed by atoms with Crippen LogP contribution in [0.5, 0.6) is 5.75 Å². The van der Waals surface area contributed by atoms with Crippen molar-refractivity contribution < 1.29 is 19.1 Å². The van der Waals surface area contributed by atoms with Gasteiger partial charge in [0.05, 0.1) is 7.11 Å². The SMILES string of the molecule is COc1ccccc1C1(CNC(=O)C(=O)NCc2ccc(C)cc2)CCOCC1. The van der Waals surface area contributed by atoms with Gasteiger partial charge in [-0.3, -0.25) is 9.59 Å². The van der Waals surface area contributed by atoms with Gasteiger partial charge in [0.25, 0.3) is 0 Å². The Hall–Kier alpha value is -2.86. The van der Waals surface area contributed by atoms with E-state index in [4.69, 9.17) is 9.47 Å². The molecule has 29 heavy (non-hydrogen) atoms. The zero-order chi connectivity index (χ0) is 20.7. The number of benzene rings is 2. The lowest BCUT2D eigenvalue weighted by molar-refractivity contribution is -0.139. The van der Waals surface area contributed by atoms with Gasteiger partial charge in [0.15, 0.2) is 0 Å². The molecule has 0 saturated carbocycles. The van der Waals surface area contributed by atoms with E-state index < -0.39 is 11.8 Å². The molecule has 3 rings (SSSR count). The molecule has 2 aromatic rings. The highest BCUT2D eigenvalue weighted by molar-refractivity contribution is 6.35. The van der Waals surface area contributed by atoms with Crippen molar-refractivity contribution in [1.82, 2.24) is 10.6 Å². The molecule has 0 atom stereocenters. The third-order valence-electron chi connectivity index (χ3n) is 5.50. The Bertz CT molecular complexity index is 842. The smallest absolute Gasteiger partial charge is 0.309 e. The number of aryl methyl sites for hydroxylation is 1. The van der Waals surface area contributed by atoms with Crippen LogP contribution in [-0.4, -0.2) is 38.7 Å². The molecule has 1 saturated heterocycles. The van der Waals surface area contributed by atoms with E-state index in [1.54, 1.807) is 7.11 Å². The Morgan fingerprint density at radius 2 is 1.66 bits per heavy atom. The second-order valence-electron chi connectivity index (χ2n) is 7.44. The van der Waals surface area contributed by atoms with E-state index in [1.807, 2.05) is 55.5 Å². The Labute approximate surface area is 171 Å². The zero-order valence-corrected chi connectivity index (χ0v) is 17.0. The number of rotatable bonds is 6. The number of carbonyl (C=O) groups excluding carboxylic acids is 2. The molecule has 2 N–H and O–H groups in total. The summed E-state index contributed by atoms with van der Waals surface area (Å²) < 4.78 is 11.1. The normalized spacial score (nSPS) is 15.4. The first-order valence-corrected chi connectivity index (χ1v) is 9.87. The van der Waals surface area contributed by atoms with Gasteiger partial charge < -0.3 is 20.1 Å². The molecule has 0 bridgehead atoms. The van der Waals surface area contributed by atoms with Crippen LogP contribution in [-0.2, 0) is 26.3 Å². The molecule has 1 aliphatic heterocycles. The second-order valence-corrected chi connectivity index (χ2v) is 7.44. The maximum atomic E-state index is 12.4. The average molecular weight is 396 g/mol. The van der Waals surface area contributed by atoms with Crippen molar-refractivity contribution in [3.63, 3.8) is 0 Å². The number of ether oxygens (including phenoxy) is 2. The number of hydrogen-bond acceptors (Lipinski definition) is 4. The summed E-state index contributed by atoms with van der Waals surface area (Å²) in [6.45, 7) is 3.89. The lowest BCUT2D eigenvalue weighted by Crippen LogP contribution is -2.48. The van der Waals surface area contributed by atoms with E-state index in [-0.39, 0.29) is 5.41 Å². The minimum atomic E-state index is -0.632. The van der Waals surface area contributed by atoms with E-state index in [0.717, 1.165) is 35.3 Å². The van der Waals surface area contributed by atoms with Gasteiger partial charge in [-0.2, -0.15) is 0 Å². The first-order valence-electron chi connectivity index (χ1n) is 9.87. The zero-order valence-electron chi connectivity index (χ0n) is 17.0. The van der Waals surface area contributed by atoms with Crippen LogP contribution in [0.4, 0.5) is 0 Å². The molecule has 0 aliphatic carbocycles. The third kappa shape index (κ3) is 5.15. The van der Waals surface area contributed by atoms with Crippen molar-refractivity contribution in [2.75, 3.05) is 26.9 Å². The van der Waals surface area contributed by atoms with Crippen LogP contribution in [0.15, 0.2) is 48.5 Å². The van der Waals surface area contributed by atoms with Crippen LogP contribution >= 0.6 is 0 Å². The van der Waals surface area contributed by atoms with Crippen molar-refractivity contribution in [2.24, 2.45) is 0 Å². The first-order chi connectivity index (χ1) is 14.0. The van der Waals surface area contributed by atoms with E-state index >= 15 is 0 Å². The number of carbonyl (C=O) groups is 2. The summed E-state index contributed by atoms with van der Waals surface area (Å²) in [6.07, 6.45) is 1.50. The monoisotopic (exact) mass is 396 g/mol. The molecule has 1 heterocycles. The predicted octanol–water partition coefficient (Wildman–Crippen LogP) is 2.48. The van der Waals surface area contributed by atoms with E-state index in [0.29, 0.717) is 26.3 Å². The Morgan fingerprint density at radius 1 is 1.00 bits per heavy atom. The molecule has 1 fully saturated rings. The molecule has 0 unspecified atom stereocenters. The molecular formula is C23H28N2O4. The minimum absolute atomic E-state index is 0.317. The number of amides is 2. The summed E-state index contributed by atoms with van der Waals surface area (Å²) in [5.41, 5.74) is 2.81. The fraction of sp³-hybridized carbons (Fsp3) is 0.391. The molecule has 0 radical (unpaired) electrons. The van der Waals surface area contributed by atoms with E-state index in [2.05, 4.69) is 10.6 Å². The van der Waals surface area contributed by atoms with Crippen LogP contribution in [0.25, 0.3) is 0 Å². The summed E-state index contributed by atoms with van der Waals surface area (Å²) in [6, 6.07) is 15.7. The molecule has 6 nitrogen and oxygen atoms in total. The summed E-state index contributed by atoms with van der Waals surface area (Å²) in [7, 11) is 1.64.